The first kappa shape index (κ1) is 29.3. The highest BCUT2D eigenvalue weighted by Gasteiger charge is 2.52. The third-order valence-corrected chi connectivity index (χ3v) is 7.12. The van der Waals surface area contributed by atoms with Gasteiger partial charge in [-0.25, -0.2) is 19.0 Å². The van der Waals surface area contributed by atoms with Crippen LogP contribution in [0.2, 0.25) is 5.28 Å². The molecule has 3 heterocycles. The first-order valence-electron chi connectivity index (χ1n) is 13.0. The summed E-state index contributed by atoms with van der Waals surface area (Å²) in [6, 6.07) is 16.5. The van der Waals surface area contributed by atoms with E-state index in [9.17, 15) is 19.8 Å². The van der Waals surface area contributed by atoms with Gasteiger partial charge in [-0.1, -0.05) is 54.6 Å². The van der Waals surface area contributed by atoms with Crippen molar-refractivity contribution in [2.45, 2.75) is 43.6 Å². The van der Waals surface area contributed by atoms with E-state index in [-0.39, 0.29) is 28.9 Å². The second kappa shape index (κ2) is 12.0. The number of halogens is 2. The molecule has 12 nitrogen and oxygen atoms in total. The Hall–Kier alpha value is -4.17. The Bertz CT molecular complexity index is 1590. The zero-order chi connectivity index (χ0) is 30.0. The number of nitrogen functional groups attached to an aromatic ring is 1. The summed E-state index contributed by atoms with van der Waals surface area (Å²) in [6.45, 7) is 0.762. The van der Waals surface area contributed by atoms with Crippen molar-refractivity contribution in [1.82, 2.24) is 19.5 Å². The molecule has 1 aliphatic heterocycles. The maximum absolute atomic E-state index is 15.3. The minimum Gasteiger partial charge on any atom is -0.479 e. The molecule has 2 aromatic carbocycles. The third kappa shape index (κ3) is 5.51. The molecular weight excluding hydrogens is 573 g/mol. The first-order chi connectivity index (χ1) is 20.1. The van der Waals surface area contributed by atoms with Crippen molar-refractivity contribution in [2.75, 3.05) is 18.9 Å². The van der Waals surface area contributed by atoms with Crippen LogP contribution in [0.25, 0.3) is 22.3 Å². The molecule has 0 amide bonds. The van der Waals surface area contributed by atoms with E-state index in [1.807, 2.05) is 30.3 Å². The van der Waals surface area contributed by atoms with Gasteiger partial charge in [0.1, 0.15) is 17.7 Å². The second-order valence-corrected chi connectivity index (χ2v) is 9.94. The van der Waals surface area contributed by atoms with Gasteiger partial charge in [0.15, 0.2) is 23.9 Å². The number of esters is 1. The van der Waals surface area contributed by atoms with Crippen LogP contribution >= 0.6 is 11.6 Å². The average Bonchev–Trinajstić information content (AvgIpc) is 3.52. The van der Waals surface area contributed by atoms with E-state index in [2.05, 4.69) is 15.0 Å². The monoisotopic (exact) mass is 599 g/mol. The van der Waals surface area contributed by atoms with Crippen LogP contribution in [0.5, 0.6) is 0 Å². The van der Waals surface area contributed by atoms with Crippen LogP contribution in [-0.4, -0.2) is 78.9 Å². The van der Waals surface area contributed by atoms with Crippen LogP contribution in [0.15, 0.2) is 60.9 Å². The lowest BCUT2D eigenvalue weighted by atomic mass is 9.92. The Kier molecular flexibility index (Phi) is 8.36. The Morgan fingerprint density at radius 3 is 2.50 bits per heavy atom. The van der Waals surface area contributed by atoms with E-state index >= 15 is 4.39 Å². The molecule has 14 heteroatoms. The Balaban J connectivity index is 1.38. The third-order valence-electron chi connectivity index (χ3n) is 6.95. The van der Waals surface area contributed by atoms with E-state index < -0.39 is 55.2 Å². The van der Waals surface area contributed by atoms with Gasteiger partial charge in [0, 0.05) is 6.42 Å². The van der Waals surface area contributed by atoms with E-state index in [0.717, 1.165) is 11.1 Å². The predicted molar refractivity (Wildman–Crippen MR) is 148 cm³/mol. The average molecular weight is 600 g/mol. The number of carbonyl (C=O) groups is 2. The quantitative estimate of drug-likeness (QED) is 0.139. The van der Waals surface area contributed by atoms with E-state index in [0.29, 0.717) is 5.56 Å². The fourth-order valence-electron chi connectivity index (χ4n) is 4.77. The van der Waals surface area contributed by atoms with Crippen molar-refractivity contribution in [1.29, 1.82) is 0 Å². The molecule has 4 aromatic rings. The van der Waals surface area contributed by atoms with E-state index in [1.54, 1.807) is 24.3 Å². The minimum atomic E-state index is -2.51. The SMILES string of the molecule is CCOC(=O)[C@](Cc1ccc(-c2ccccc2)cc1)(OC[C@H]1O[C@@H](n2cnc3c(N)nc(Cl)nc32)[C@@H](F)[C@@H]1O)C(=O)O. The molecule has 1 aliphatic rings. The minimum absolute atomic E-state index is 0.0323. The number of carboxylic acid groups (broad SMARTS) is 1. The van der Waals surface area contributed by atoms with Crippen LogP contribution in [0.3, 0.4) is 0 Å². The maximum atomic E-state index is 15.3. The van der Waals surface area contributed by atoms with Gasteiger partial charge in [-0.2, -0.15) is 9.97 Å². The molecule has 1 saturated heterocycles. The summed E-state index contributed by atoms with van der Waals surface area (Å²) < 4.78 is 33.0. The van der Waals surface area contributed by atoms with Gasteiger partial charge in [-0.15, -0.1) is 0 Å². The first-order valence-corrected chi connectivity index (χ1v) is 13.3. The Morgan fingerprint density at radius 2 is 1.83 bits per heavy atom. The number of aromatic nitrogens is 4. The van der Waals surface area contributed by atoms with Crippen molar-refractivity contribution in [3.8, 4) is 11.1 Å². The lowest BCUT2D eigenvalue weighted by Crippen LogP contribution is -2.53. The molecule has 0 spiro atoms. The summed E-state index contributed by atoms with van der Waals surface area (Å²) in [5.41, 5.74) is 5.85. The van der Waals surface area contributed by atoms with E-state index in [1.165, 1.54) is 17.8 Å². The number of benzene rings is 2. The van der Waals surface area contributed by atoms with Crippen LogP contribution in [0.4, 0.5) is 10.2 Å². The normalized spacial score (nSPS) is 21.7. The Morgan fingerprint density at radius 1 is 1.14 bits per heavy atom. The number of anilines is 1. The van der Waals surface area contributed by atoms with Gasteiger partial charge in [0.2, 0.25) is 5.28 Å². The van der Waals surface area contributed by atoms with Crippen molar-refractivity contribution in [2.24, 2.45) is 0 Å². The summed E-state index contributed by atoms with van der Waals surface area (Å²) in [7, 11) is 0. The number of nitrogens with zero attached hydrogens (tertiary/aromatic N) is 4. The van der Waals surface area contributed by atoms with Crippen LogP contribution in [0.1, 0.15) is 18.7 Å². The number of hydrogen-bond acceptors (Lipinski definition) is 10. The number of aliphatic carboxylic acids is 1. The Labute approximate surface area is 243 Å². The largest absolute Gasteiger partial charge is 0.479 e. The molecule has 1 fully saturated rings. The lowest BCUT2D eigenvalue weighted by molar-refractivity contribution is -0.193. The predicted octanol–water partition coefficient (Wildman–Crippen LogP) is 2.97. The summed E-state index contributed by atoms with van der Waals surface area (Å²) in [4.78, 5) is 37.5. The van der Waals surface area contributed by atoms with Crippen molar-refractivity contribution < 1.29 is 38.4 Å². The van der Waals surface area contributed by atoms with Gasteiger partial charge in [-0.05, 0) is 35.2 Å². The smallest absolute Gasteiger partial charge is 0.350 e. The number of aliphatic hydroxyl groups excluding tert-OH is 1. The van der Waals surface area contributed by atoms with Gasteiger partial charge >= 0.3 is 11.9 Å². The molecule has 5 rings (SSSR count). The molecule has 0 radical (unpaired) electrons. The molecule has 5 atom stereocenters. The number of rotatable bonds is 10. The summed E-state index contributed by atoms with van der Waals surface area (Å²) in [6.07, 6.45) is -5.75. The fourth-order valence-corrected chi connectivity index (χ4v) is 4.95. The number of aliphatic hydroxyl groups is 1. The topological polar surface area (TPSA) is 172 Å². The van der Waals surface area contributed by atoms with Crippen molar-refractivity contribution in [3.05, 3.63) is 71.8 Å². The number of hydrogen-bond donors (Lipinski definition) is 3. The zero-order valence-corrected chi connectivity index (χ0v) is 23.0. The van der Waals surface area contributed by atoms with Gasteiger partial charge in [0.05, 0.1) is 19.5 Å². The fraction of sp³-hybridized carbons (Fsp3) is 0.321. The number of carboxylic acids is 1. The van der Waals surface area contributed by atoms with E-state index in [4.69, 9.17) is 31.5 Å². The number of alkyl halides is 1. The second-order valence-electron chi connectivity index (χ2n) is 9.61. The van der Waals surface area contributed by atoms with Gasteiger partial charge < -0.3 is 30.2 Å². The van der Waals surface area contributed by atoms with Crippen LogP contribution in [0, 0.1) is 0 Å². The number of fused-ring (bicyclic) bond motifs is 1. The zero-order valence-electron chi connectivity index (χ0n) is 22.3. The standard InChI is InChI=1S/C28H27ClFN5O7/c1-2-40-26(39)28(25(37)38,12-15-8-10-17(11-9-15)16-6-4-3-5-7-16)41-13-18-21(36)19(30)24(42-18)35-14-32-20-22(31)33-27(29)34-23(20)35/h3-11,14,18-19,21,24,36H,2,12-13H2,1H3,(H,37,38)(H2,31,33,34)/t18-,19+,21-,24-,28-/m1/s1. The number of carbonyl (C=O) groups excluding carboxylic acids is 1. The molecule has 0 bridgehead atoms. The number of imidazole rings is 1. The summed E-state index contributed by atoms with van der Waals surface area (Å²) in [5, 5.41) is 20.7. The summed E-state index contributed by atoms with van der Waals surface area (Å²) in [5.74, 6) is -2.79. The maximum Gasteiger partial charge on any atom is 0.350 e. The molecule has 42 heavy (non-hydrogen) atoms. The van der Waals surface area contributed by atoms with Crippen molar-refractivity contribution in [3.63, 3.8) is 0 Å². The molecule has 0 saturated carbocycles. The number of ether oxygens (including phenoxy) is 3. The van der Waals surface area contributed by atoms with Gasteiger partial charge in [0.25, 0.3) is 5.60 Å². The molecule has 220 valence electrons. The van der Waals surface area contributed by atoms with Crippen LogP contribution in [-0.2, 0) is 30.2 Å². The lowest BCUT2D eigenvalue weighted by Gasteiger charge is -2.29. The molecule has 4 N–H and O–H groups in total. The van der Waals surface area contributed by atoms with Gasteiger partial charge in [-0.3, -0.25) is 4.57 Å². The van der Waals surface area contributed by atoms with Crippen molar-refractivity contribution >= 4 is 40.5 Å². The molecule has 0 unspecified atom stereocenters. The highest BCUT2D eigenvalue weighted by molar-refractivity contribution is 6.28. The highest BCUT2D eigenvalue weighted by atomic mass is 35.5. The molecular formula is C28H27ClFN5O7. The number of nitrogens with two attached hydrogens (primary N) is 1. The molecule has 0 aliphatic carbocycles. The molecule has 2 aromatic heterocycles. The summed E-state index contributed by atoms with van der Waals surface area (Å²) >= 11 is 5.90. The van der Waals surface area contributed by atoms with Crippen LogP contribution < -0.4 is 5.73 Å². The highest BCUT2D eigenvalue weighted by Crippen LogP contribution is 2.35.